The molecule has 0 aromatic heterocycles. The van der Waals surface area contributed by atoms with Gasteiger partial charge < -0.3 is 15.4 Å². The highest BCUT2D eigenvalue weighted by Gasteiger charge is 2.22. The number of halogens is 1. The summed E-state index contributed by atoms with van der Waals surface area (Å²) >= 11 is 0. The van der Waals surface area contributed by atoms with Crippen molar-refractivity contribution < 1.29 is 9.13 Å². The molecule has 2 rings (SSSR count). The molecule has 0 bridgehead atoms. The molecular weight excluding hydrogens is 267 g/mol. The summed E-state index contributed by atoms with van der Waals surface area (Å²) in [6.07, 6.45) is 4.25. The number of nitrogens with zero attached hydrogens (tertiary/aromatic N) is 1. The van der Waals surface area contributed by atoms with Crippen LogP contribution in [-0.2, 0) is 11.2 Å². The summed E-state index contributed by atoms with van der Waals surface area (Å²) in [5.74, 6) is -0.190. The second-order valence-electron chi connectivity index (χ2n) is 6.04. The van der Waals surface area contributed by atoms with Gasteiger partial charge in [0, 0.05) is 31.4 Å². The minimum atomic E-state index is -0.190. The molecule has 0 amide bonds. The van der Waals surface area contributed by atoms with Crippen molar-refractivity contribution in [2.75, 3.05) is 24.6 Å². The molecule has 2 N–H and O–H groups in total. The third-order valence-corrected chi connectivity index (χ3v) is 3.86. The highest BCUT2D eigenvalue weighted by atomic mass is 19.1. The van der Waals surface area contributed by atoms with Crippen molar-refractivity contribution in [3.8, 4) is 0 Å². The van der Waals surface area contributed by atoms with Crippen LogP contribution in [0.1, 0.15) is 38.7 Å². The molecule has 21 heavy (non-hydrogen) atoms. The number of hydrogen-bond donors (Lipinski definition) is 1. The Morgan fingerprint density at radius 2 is 2.29 bits per heavy atom. The van der Waals surface area contributed by atoms with E-state index in [0.29, 0.717) is 6.42 Å². The van der Waals surface area contributed by atoms with Gasteiger partial charge in [0.25, 0.3) is 0 Å². The Labute approximate surface area is 127 Å². The Morgan fingerprint density at radius 1 is 1.48 bits per heavy atom. The van der Waals surface area contributed by atoms with Gasteiger partial charge in [-0.05, 0) is 56.4 Å². The van der Waals surface area contributed by atoms with E-state index >= 15 is 0 Å². The number of piperidine rings is 1. The van der Waals surface area contributed by atoms with Crippen molar-refractivity contribution >= 4 is 5.69 Å². The molecule has 118 valence electrons. The summed E-state index contributed by atoms with van der Waals surface area (Å²) in [6.45, 7) is 6.79. The fraction of sp³-hybridized carbons (Fsp3) is 0.647. The van der Waals surface area contributed by atoms with E-state index in [1.165, 1.54) is 6.07 Å². The van der Waals surface area contributed by atoms with Gasteiger partial charge in [0.05, 0.1) is 6.10 Å². The summed E-state index contributed by atoms with van der Waals surface area (Å²) in [5.41, 5.74) is 8.01. The first-order valence-electron chi connectivity index (χ1n) is 8.00. The number of anilines is 1. The molecule has 0 saturated carbocycles. The van der Waals surface area contributed by atoms with Gasteiger partial charge in [0.15, 0.2) is 0 Å². The molecule has 1 aliphatic heterocycles. The Kier molecular flexibility index (Phi) is 6.00. The van der Waals surface area contributed by atoms with Gasteiger partial charge in [-0.1, -0.05) is 6.92 Å². The lowest BCUT2D eigenvalue weighted by molar-refractivity contribution is 0.0440. The Morgan fingerprint density at radius 3 is 3.00 bits per heavy atom. The van der Waals surface area contributed by atoms with Gasteiger partial charge in [-0.3, -0.25) is 0 Å². The Balaban J connectivity index is 2.12. The largest absolute Gasteiger partial charge is 0.376 e. The van der Waals surface area contributed by atoms with E-state index in [1.807, 2.05) is 13.0 Å². The average molecular weight is 294 g/mol. The lowest BCUT2D eigenvalue weighted by Gasteiger charge is -2.35. The molecule has 0 spiro atoms. The highest BCUT2D eigenvalue weighted by molar-refractivity contribution is 5.54. The summed E-state index contributed by atoms with van der Waals surface area (Å²) < 4.78 is 19.4. The monoisotopic (exact) mass is 294 g/mol. The molecule has 3 nitrogen and oxygen atoms in total. The smallest absolute Gasteiger partial charge is 0.123 e. The lowest BCUT2D eigenvalue weighted by atomic mass is 10.0. The van der Waals surface area contributed by atoms with Crippen LogP contribution < -0.4 is 10.6 Å². The second-order valence-corrected chi connectivity index (χ2v) is 6.04. The minimum Gasteiger partial charge on any atom is -0.376 e. The van der Waals surface area contributed by atoms with Crippen LogP contribution >= 0.6 is 0 Å². The number of hydrogen-bond acceptors (Lipinski definition) is 3. The molecule has 2 unspecified atom stereocenters. The van der Waals surface area contributed by atoms with Crippen LogP contribution in [0, 0.1) is 5.82 Å². The molecule has 1 saturated heterocycles. The fourth-order valence-electron chi connectivity index (χ4n) is 2.95. The summed E-state index contributed by atoms with van der Waals surface area (Å²) in [6, 6.07) is 5.07. The van der Waals surface area contributed by atoms with E-state index in [1.54, 1.807) is 6.07 Å². The average Bonchev–Trinajstić information content (AvgIpc) is 2.45. The third kappa shape index (κ3) is 4.68. The van der Waals surface area contributed by atoms with Gasteiger partial charge >= 0.3 is 0 Å². The highest BCUT2D eigenvalue weighted by Crippen LogP contribution is 2.27. The molecule has 1 heterocycles. The first-order chi connectivity index (χ1) is 10.1. The van der Waals surface area contributed by atoms with Crippen molar-refractivity contribution in [3.05, 3.63) is 29.6 Å². The molecule has 1 aromatic rings. The Hall–Kier alpha value is -1.13. The fourth-order valence-corrected chi connectivity index (χ4v) is 2.95. The van der Waals surface area contributed by atoms with Crippen LogP contribution in [-0.4, -0.2) is 31.8 Å². The predicted octanol–water partition coefficient (Wildman–Crippen LogP) is 3.11. The maximum atomic E-state index is 13.5. The van der Waals surface area contributed by atoms with Crippen molar-refractivity contribution in [3.63, 3.8) is 0 Å². The number of benzene rings is 1. The van der Waals surface area contributed by atoms with E-state index in [-0.39, 0.29) is 18.0 Å². The molecule has 0 aliphatic carbocycles. The van der Waals surface area contributed by atoms with Gasteiger partial charge in [-0.15, -0.1) is 0 Å². The van der Waals surface area contributed by atoms with E-state index < -0.39 is 0 Å². The predicted molar refractivity (Wildman–Crippen MR) is 85.2 cm³/mol. The van der Waals surface area contributed by atoms with E-state index in [9.17, 15) is 4.39 Å². The van der Waals surface area contributed by atoms with Gasteiger partial charge in [0.2, 0.25) is 0 Å². The van der Waals surface area contributed by atoms with Crippen molar-refractivity contribution in [1.82, 2.24) is 0 Å². The third-order valence-electron chi connectivity index (χ3n) is 3.86. The van der Waals surface area contributed by atoms with E-state index in [2.05, 4.69) is 11.8 Å². The van der Waals surface area contributed by atoms with Crippen molar-refractivity contribution in [2.24, 2.45) is 5.73 Å². The molecule has 2 atom stereocenters. The molecule has 1 aromatic carbocycles. The molecule has 1 aliphatic rings. The van der Waals surface area contributed by atoms with Gasteiger partial charge in [-0.2, -0.15) is 0 Å². The topological polar surface area (TPSA) is 38.5 Å². The zero-order valence-corrected chi connectivity index (χ0v) is 13.1. The van der Waals surface area contributed by atoms with Crippen molar-refractivity contribution in [1.29, 1.82) is 0 Å². The number of nitrogens with two attached hydrogens (primary N) is 1. The number of ether oxygens (including phenoxy) is 1. The van der Waals surface area contributed by atoms with Crippen LogP contribution in [0.5, 0.6) is 0 Å². The molecule has 4 heteroatoms. The zero-order valence-electron chi connectivity index (χ0n) is 13.1. The standard InChI is InChI=1S/C17H27FN2O/c1-3-9-21-16-5-4-8-20(12-16)17-7-6-15(18)11-14(17)10-13(2)19/h6-7,11,13,16H,3-5,8-10,12,19H2,1-2H3. The Bertz CT molecular complexity index is 450. The van der Waals surface area contributed by atoms with Crippen LogP contribution in [0.15, 0.2) is 18.2 Å². The first kappa shape index (κ1) is 16.2. The maximum absolute atomic E-state index is 13.5. The quantitative estimate of drug-likeness (QED) is 0.876. The zero-order chi connectivity index (χ0) is 15.2. The SMILES string of the molecule is CCCOC1CCCN(c2ccc(F)cc2CC(C)N)C1. The van der Waals surface area contributed by atoms with Crippen LogP contribution in [0.4, 0.5) is 10.1 Å². The summed E-state index contributed by atoms with van der Waals surface area (Å²) in [7, 11) is 0. The number of rotatable bonds is 6. The van der Waals surface area contributed by atoms with Crippen LogP contribution in [0.25, 0.3) is 0 Å². The second kappa shape index (κ2) is 7.76. The molecular formula is C17H27FN2O. The van der Waals surface area contributed by atoms with Gasteiger partial charge in [-0.25, -0.2) is 4.39 Å². The minimum absolute atomic E-state index is 0.0301. The van der Waals surface area contributed by atoms with Gasteiger partial charge in [0.1, 0.15) is 5.82 Å². The van der Waals surface area contributed by atoms with E-state index in [4.69, 9.17) is 10.5 Å². The van der Waals surface area contributed by atoms with Crippen LogP contribution in [0.3, 0.4) is 0 Å². The lowest BCUT2D eigenvalue weighted by Crippen LogP contribution is -2.40. The molecule has 0 radical (unpaired) electrons. The normalized spacial score (nSPS) is 20.6. The van der Waals surface area contributed by atoms with Crippen molar-refractivity contribution in [2.45, 2.75) is 51.7 Å². The van der Waals surface area contributed by atoms with E-state index in [0.717, 1.165) is 50.2 Å². The first-order valence-corrected chi connectivity index (χ1v) is 8.00. The summed E-state index contributed by atoms with van der Waals surface area (Å²) in [4.78, 5) is 2.32. The molecule has 1 fully saturated rings. The maximum Gasteiger partial charge on any atom is 0.123 e. The summed E-state index contributed by atoms with van der Waals surface area (Å²) in [5, 5.41) is 0. The van der Waals surface area contributed by atoms with Crippen LogP contribution in [0.2, 0.25) is 0 Å².